The van der Waals surface area contributed by atoms with Crippen molar-refractivity contribution >= 4 is 11.6 Å². The highest BCUT2D eigenvalue weighted by atomic mass is 16.5. The molecule has 0 saturated carbocycles. The first kappa shape index (κ1) is 17.1. The van der Waals surface area contributed by atoms with Gasteiger partial charge in [0.15, 0.2) is 0 Å². The summed E-state index contributed by atoms with van der Waals surface area (Å²) in [5.41, 5.74) is 2.33. The Morgan fingerprint density at radius 2 is 1.88 bits per heavy atom. The van der Waals surface area contributed by atoms with Gasteiger partial charge in [-0.25, -0.2) is 0 Å². The van der Waals surface area contributed by atoms with Gasteiger partial charge in [-0.05, 0) is 24.3 Å². The fraction of sp³-hybridized carbons (Fsp3) is 0.316. The van der Waals surface area contributed by atoms with Gasteiger partial charge in [0.1, 0.15) is 17.7 Å². The lowest BCUT2D eigenvalue weighted by Crippen LogP contribution is -2.44. The lowest BCUT2D eigenvalue weighted by atomic mass is 10.0. The van der Waals surface area contributed by atoms with Gasteiger partial charge >= 0.3 is 0 Å². The second kappa shape index (κ2) is 7.44. The molecule has 0 spiro atoms. The number of fused-ring (bicyclic) bond motifs is 1. The smallest absolute Gasteiger partial charge is 0.257 e. The van der Waals surface area contributed by atoms with Crippen LogP contribution < -0.4 is 14.8 Å². The molecular weight excluding hydrogens is 320 g/mol. The first-order valence-corrected chi connectivity index (χ1v) is 8.07. The predicted octanol–water partition coefficient (Wildman–Crippen LogP) is 2.92. The van der Waals surface area contributed by atoms with Crippen LogP contribution in [0, 0.1) is 0 Å². The van der Waals surface area contributed by atoms with E-state index in [1.54, 1.807) is 26.2 Å². The number of hydrogen-bond donors (Lipinski definition) is 1. The number of nitrogens with zero attached hydrogens (tertiary/aromatic N) is 1. The summed E-state index contributed by atoms with van der Waals surface area (Å²) in [7, 11) is 4.84. The third-order valence-electron chi connectivity index (χ3n) is 4.29. The molecule has 1 amide bonds. The van der Waals surface area contributed by atoms with Crippen LogP contribution in [0.5, 0.6) is 11.5 Å². The van der Waals surface area contributed by atoms with E-state index in [2.05, 4.69) is 5.32 Å². The maximum Gasteiger partial charge on any atom is 0.257 e. The van der Waals surface area contributed by atoms with Crippen molar-refractivity contribution in [1.29, 1.82) is 0 Å². The van der Waals surface area contributed by atoms with Crippen molar-refractivity contribution in [2.24, 2.45) is 0 Å². The summed E-state index contributed by atoms with van der Waals surface area (Å²) in [6.07, 6.45) is -0.349. The maximum absolute atomic E-state index is 13.0. The van der Waals surface area contributed by atoms with Gasteiger partial charge in [-0.15, -0.1) is 0 Å². The molecule has 1 aliphatic rings. The van der Waals surface area contributed by atoms with Crippen molar-refractivity contribution in [1.82, 2.24) is 4.90 Å². The summed E-state index contributed by atoms with van der Waals surface area (Å²) in [6, 6.07) is 13.1. The molecule has 0 aliphatic carbocycles. The van der Waals surface area contributed by atoms with E-state index >= 15 is 0 Å². The minimum atomic E-state index is -0.349. The van der Waals surface area contributed by atoms with E-state index < -0.39 is 0 Å². The lowest BCUT2D eigenvalue weighted by molar-refractivity contribution is 0.0607. The molecule has 1 aliphatic heterocycles. The van der Waals surface area contributed by atoms with Crippen LogP contribution in [0.2, 0.25) is 0 Å². The van der Waals surface area contributed by atoms with E-state index in [1.165, 1.54) is 0 Å². The van der Waals surface area contributed by atoms with Gasteiger partial charge in [0, 0.05) is 31.0 Å². The van der Waals surface area contributed by atoms with E-state index in [1.807, 2.05) is 42.5 Å². The quantitative estimate of drug-likeness (QED) is 0.875. The number of amides is 1. The van der Waals surface area contributed by atoms with Crippen LogP contribution in [0.25, 0.3) is 0 Å². The number of para-hydroxylation sites is 1. The zero-order valence-corrected chi connectivity index (χ0v) is 14.6. The maximum atomic E-state index is 13.0. The molecule has 132 valence electrons. The summed E-state index contributed by atoms with van der Waals surface area (Å²) in [5, 5.41) is 3.44. The zero-order valence-electron chi connectivity index (χ0n) is 14.6. The Bertz CT molecular complexity index is 763. The fourth-order valence-electron chi connectivity index (χ4n) is 3.00. The van der Waals surface area contributed by atoms with Gasteiger partial charge < -0.3 is 24.4 Å². The van der Waals surface area contributed by atoms with E-state index in [0.717, 1.165) is 11.3 Å². The van der Waals surface area contributed by atoms with Crippen LogP contribution in [0.15, 0.2) is 42.5 Å². The number of rotatable bonds is 6. The SMILES string of the molecule is COCCN1C(=O)c2ccccc2N[C@@H]1c1ccc(OC)cc1OC. The van der Waals surface area contributed by atoms with Crippen LogP contribution in [0.4, 0.5) is 5.69 Å². The second-order valence-electron chi connectivity index (χ2n) is 5.69. The number of hydrogen-bond acceptors (Lipinski definition) is 5. The largest absolute Gasteiger partial charge is 0.497 e. The monoisotopic (exact) mass is 342 g/mol. The van der Waals surface area contributed by atoms with Gasteiger partial charge in [-0.1, -0.05) is 12.1 Å². The number of nitrogens with one attached hydrogen (secondary N) is 1. The standard InChI is InChI=1S/C19H22N2O4/c1-23-11-10-21-18(15-9-8-13(24-2)12-17(15)25-3)20-16-7-5-4-6-14(16)19(21)22/h4-9,12,18,20H,10-11H2,1-3H3/t18-/m0/s1. The van der Waals surface area contributed by atoms with Gasteiger partial charge in [0.05, 0.1) is 26.4 Å². The van der Waals surface area contributed by atoms with Crippen LogP contribution in [-0.2, 0) is 4.74 Å². The summed E-state index contributed by atoms with van der Waals surface area (Å²) in [5.74, 6) is 1.33. The van der Waals surface area contributed by atoms with E-state index in [4.69, 9.17) is 14.2 Å². The molecule has 1 heterocycles. The number of anilines is 1. The molecule has 0 radical (unpaired) electrons. The molecule has 0 unspecified atom stereocenters. The molecule has 25 heavy (non-hydrogen) atoms. The van der Waals surface area contributed by atoms with Gasteiger partial charge in [-0.3, -0.25) is 4.79 Å². The molecule has 0 saturated heterocycles. The van der Waals surface area contributed by atoms with Crippen molar-refractivity contribution in [3.63, 3.8) is 0 Å². The first-order valence-electron chi connectivity index (χ1n) is 8.07. The van der Waals surface area contributed by atoms with Crippen LogP contribution in [0.3, 0.4) is 0 Å². The molecule has 0 fully saturated rings. The minimum Gasteiger partial charge on any atom is -0.497 e. The summed E-state index contributed by atoms with van der Waals surface area (Å²) >= 11 is 0. The number of ether oxygens (including phenoxy) is 3. The average molecular weight is 342 g/mol. The molecule has 2 aromatic carbocycles. The van der Waals surface area contributed by atoms with Crippen molar-refractivity contribution < 1.29 is 19.0 Å². The molecule has 1 N–H and O–H groups in total. The molecule has 2 aromatic rings. The zero-order chi connectivity index (χ0) is 17.8. The molecule has 0 aromatic heterocycles. The Morgan fingerprint density at radius 1 is 1.08 bits per heavy atom. The number of carbonyl (C=O) groups is 1. The number of methoxy groups -OCH3 is 3. The number of benzene rings is 2. The molecule has 1 atom stereocenters. The van der Waals surface area contributed by atoms with Crippen LogP contribution in [0.1, 0.15) is 22.1 Å². The summed E-state index contributed by atoms with van der Waals surface area (Å²) in [6.45, 7) is 0.918. The topological polar surface area (TPSA) is 60.0 Å². The minimum absolute atomic E-state index is 0.0331. The molecule has 0 bridgehead atoms. The van der Waals surface area contributed by atoms with E-state index in [-0.39, 0.29) is 12.1 Å². The Balaban J connectivity index is 2.04. The Kier molecular flexibility index (Phi) is 5.09. The highest BCUT2D eigenvalue weighted by Crippen LogP contribution is 2.37. The van der Waals surface area contributed by atoms with Gasteiger partial charge in [0.2, 0.25) is 0 Å². The highest BCUT2D eigenvalue weighted by Gasteiger charge is 2.34. The third kappa shape index (κ3) is 3.25. The van der Waals surface area contributed by atoms with Crippen molar-refractivity contribution in [3.8, 4) is 11.5 Å². The van der Waals surface area contributed by atoms with Crippen molar-refractivity contribution in [2.45, 2.75) is 6.17 Å². The van der Waals surface area contributed by atoms with E-state index in [9.17, 15) is 4.79 Å². The molecule has 6 nitrogen and oxygen atoms in total. The predicted molar refractivity (Wildman–Crippen MR) is 95.3 cm³/mol. The first-order chi connectivity index (χ1) is 12.2. The Hall–Kier alpha value is -2.73. The molecule has 6 heteroatoms. The Labute approximate surface area is 147 Å². The average Bonchev–Trinajstić information content (AvgIpc) is 2.66. The van der Waals surface area contributed by atoms with Crippen LogP contribution >= 0.6 is 0 Å². The highest BCUT2D eigenvalue weighted by molar-refractivity contribution is 6.01. The molecular formula is C19H22N2O4. The van der Waals surface area contributed by atoms with Gasteiger partial charge in [-0.2, -0.15) is 0 Å². The normalized spacial score (nSPS) is 16.2. The lowest BCUT2D eigenvalue weighted by Gasteiger charge is -2.38. The number of carbonyl (C=O) groups excluding carboxylic acids is 1. The van der Waals surface area contributed by atoms with E-state index in [0.29, 0.717) is 30.2 Å². The fourth-order valence-corrected chi connectivity index (χ4v) is 3.00. The Morgan fingerprint density at radius 3 is 2.60 bits per heavy atom. The third-order valence-corrected chi connectivity index (χ3v) is 4.29. The molecule has 3 rings (SSSR count). The van der Waals surface area contributed by atoms with Crippen molar-refractivity contribution in [3.05, 3.63) is 53.6 Å². The summed E-state index contributed by atoms with van der Waals surface area (Å²) in [4.78, 5) is 14.8. The van der Waals surface area contributed by atoms with Gasteiger partial charge in [0.25, 0.3) is 5.91 Å². The summed E-state index contributed by atoms with van der Waals surface area (Å²) < 4.78 is 16.0. The second-order valence-corrected chi connectivity index (χ2v) is 5.69. The van der Waals surface area contributed by atoms with Crippen LogP contribution in [-0.4, -0.2) is 45.3 Å². The van der Waals surface area contributed by atoms with Crippen molar-refractivity contribution in [2.75, 3.05) is 39.8 Å².